The molecular weight excluding hydrogens is 254 g/mol. The molecule has 1 heterocycles. The van der Waals surface area contributed by atoms with Gasteiger partial charge in [-0.15, -0.1) is 11.3 Å². The summed E-state index contributed by atoms with van der Waals surface area (Å²) in [4.78, 5) is 6.17. The maximum absolute atomic E-state index is 4.74. The lowest BCUT2D eigenvalue weighted by Crippen LogP contribution is -2.43. The van der Waals surface area contributed by atoms with Gasteiger partial charge in [0.15, 0.2) is 5.96 Å². The van der Waals surface area contributed by atoms with E-state index in [0.29, 0.717) is 12.1 Å². The number of hydrogen-bond acceptors (Lipinski definition) is 2. The Bertz CT molecular complexity index is 403. The van der Waals surface area contributed by atoms with Gasteiger partial charge in [0.25, 0.3) is 0 Å². The van der Waals surface area contributed by atoms with Gasteiger partial charge < -0.3 is 10.6 Å². The Balaban J connectivity index is 1.50. The molecule has 0 radical (unpaired) electrons. The Morgan fingerprint density at radius 1 is 1.16 bits per heavy atom. The smallest absolute Gasteiger partial charge is 0.191 e. The Kier molecular flexibility index (Phi) is 4.38. The molecule has 2 aliphatic rings. The fourth-order valence-electron chi connectivity index (χ4n) is 2.55. The minimum absolute atomic E-state index is 0.645. The first-order valence-electron chi connectivity index (χ1n) is 7.50. The molecule has 1 aromatic heterocycles. The van der Waals surface area contributed by atoms with Crippen molar-refractivity contribution in [2.45, 2.75) is 57.0 Å². The normalized spacial score (nSPS) is 20.7. The fourth-order valence-corrected chi connectivity index (χ4v) is 3.25. The van der Waals surface area contributed by atoms with Crippen LogP contribution in [0.4, 0.5) is 0 Å². The van der Waals surface area contributed by atoms with E-state index < -0.39 is 0 Å². The monoisotopic (exact) mass is 277 g/mol. The van der Waals surface area contributed by atoms with E-state index in [1.54, 1.807) is 0 Å². The first kappa shape index (κ1) is 13.0. The average Bonchev–Trinajstić information content (AvgIpc) is 2.90. The molecule has 2 fully saturated rings. The molecule has 0 spiro atoms. The molecule has 2 aliphatic carbocycles. The van der Waals surface area contributed by atoms with Crippen LogP contribution in [-0.4, -0.2) is 24.6 Å². The van der Waals surface area contributed by atoms with Crippen molar-refractivity contribution in [2.24, 2.45) is 4.99 Å². The van der Waals surface area contributed by atoms with Gasteiger partial charge in [-0.05, 0) is 37.1 Å². The summed E-state index contributed by atoms with van der Waals surface area (Å²) in [5, 5.41) is 9.29. The number of rotatable bonds is 5. The molecule has 0 bridgehead atoms. The zero-order valence-electron chi connectivity index (χ0n) is 11.4. The van der Waals surface area contributed by atoms with Crippen LogP contribution in [0.5, 0.6) is 0 Å². The summed E-state index contributed by atoms with van der Waals surface area (Å²) in [6, 6.07) is 5.63. The van der Waals surface area contributed by atoms with Crippen LogP contribution in [0.15, 0.2) is 22.5 Å². The Hall–Kier alpha value is -1.03. The molecular formula is C15H23N3S. The second-order valence-corrected chi connectivity index (χ2v) is 6.64. The molecule has 19 heavy (non-hydrogen) atoms. The van der Waals surface area contributed by atoms with Crippen LogP contribution in [0, 0.1) is 0 Å². The van der Waals surface area contributed by atoms with E-state index in [-0.39, 0.29) is 0 Å². The molecule has 0 amide bonds. The number of aliphatic imine (C=N–C) groups is 1. The van der Waals surface area contributed by atoms with Crippen molar-refractivity contribution >= 4 is 17.3 Å². The quantitative estimate of drug-likeness (QED) is 0.641. The zero-order chi connectivity index (χ0) is 12.9. The number of guanidine groups is 1. The van der Waals surface area contributed by atoms with E-state index in [1.165, 1.54) is 43.4 Å². The summed E-state index contributed by atoms with van der Waals surface area (Å²) < 4.78 is 0. The van der Waals surface area contributed by atoms with Gasteiger partial charge >= 0.3 is 0 Å². The SMILES string of the molecule is c1csc(CCN=C(NC2CCCC2)NC2CC2)c1. The van der Waals surface area contributed by atoms with E-state index in [4.69, 9.17) is 4.99 Å². The van der Waals surface area contributed by atoms with Crippen molar-refractivity contribution in [3.05, 3.63) is 22.4 Å². The zero-order valence-corrected chi connectivity index (χ0v) is 12.2. The molecule has 104 valence electrons. The van der Waals surface area contributed by atoms with E-state index >= 15 is 0 Å². The van der Waals surface area contributed by atoms with Crippen LogP contribution < -0.4 is 10.6 Å². The van der Waals surface area contributed by atoms with Gasteiger partial charge in [0.05, 0.1) is 0 Å². The van der Waals surface area contributed by atoms with Crippen LogP contribution >= 0.6 is 11.3 Å². The van der Waals surface area contributed by atoms with Crippen LogP contribution in [0.25, 0.3) is 0 Å². The van der Waals surface area contributed by atoms with Gasteiger partial charge in [-0.2, -0.15) is 0 Å². The topological polar surface area (TPSA) is 36.4 Å². The van der Waals surface area contributed by atoms with E-state index in [0.717, 1.165) is 18.9 Å². The lowest BCUT2D eigenvalue weighted by atomic mass is 10.2. The number of nitrogens with zero attached hydrogens (tertiary/aromatic N) is 1. The summed E-state index contributed by atoms with van der Waals surface area (Å²) in [6.45, 7) is 0.884. The highest BCUT2D eigenvalue weighted by Gasteiger charge is 2.24. The predicted octanol–water partition coefficient (Wildman–Crippen LogP) is 2.93. The second-order valence-electron chi connectivity index (χ2n) is 5.60. The van der Waals surface area contributed by atoms with Crippen molar-refractivity contribution in [1.29, 1.82) is 0 Å². The van der Waals surface area contributed by atoms with Crippen molar-refractivity contribution in [1.82, 2.24) is 10.6 Å². The van der Waals surface area contributed by atoms with Gasteiger partial charge in [0.2, 0.25) is 0 Å². The van der Waals surface area contributed by atoms with Crippen molar-refractivity contribution in [2.75, 3.05) is 6.54 Å². The van der Waals surface area contributed by atoms with E-state index in [2.05, 4.69) is 28.1 Å². The predicted molar refractivity (Wildman–Crippen MR) is 81.9 cm³/mol. The molecule has 3 rings (SSSR count). The summed E-state index contributed by atoms with van der Waals surface area (Å²) in [5.74, 6) is 1.05. The lowest BCUT2D eigenvalue weighted by molar-refractivity contribution is 0.611. The second kappa shape index (κ2) is 6.42. The molecule has 3 nitrogen and oxygen atoms in total. The Labute approximate surface area is 119 Å². The maximum atomic E-state index is 4.74. The molecule has 1 aromatic rings. The third-order valence-electron chi connectivity index (χ3n) is 3.82. The highest BCUT2D eigenvalue weighted by Crippen LogP contribution is 2.20. The summed E-state index contributed by atoms with van der Waals surface area (Å²) in [7, 11) is 0. The summed E-state index contributed by atoms with van der Waals surface area (Å²) in [5.41, 5.74) is 0. The van der Waals surface area contributed by atoms with Gasteiger partial charge in [-0.25, -0.2) is 0 Å². The average molecular weight is 277 g/mol. The standard InChI is InChI=1S/C15H23N3S/c1-2-5-12(4-1)17-15(18-13-7-8-13)16-10-9-14-6-3-11-19-14/h3,6,11-13H,1-2,4-5,7-10H2,(H2,16,17,18). The molecule has 0 unspecified atom stereocenters. The first-order chi connectivity index (χ1) is 9.40. The third-order valence-corrected chi connectivity index (χ3v) is 4.76. The van der Waals surface area contributed by atoms with E-state index in [9.17, 15) is 0 Å². The number of nitrogens with one attached hydrogen (secondary N) is 2. The molecule has 0 aliphatic heterocycles. The van der Waals surface area contributed by atoms with Crippen molar-refractivity contribution in [3.8, 4) is 0 Å². The van der Waals surface area contributed by atoms with Crippen LogP contribution in [-0.2, 0) is 6.42 Å². The highest BCUT2D eigenvalue weighted by atomic mass is 32.1. The molecule has 2 N–H and O–H groups in total. The van der Waals surface area contributed by atoms with Crippen LogP contribution in [0.2, 0.25) is 0 Å². The summed E-state index contributed by atoms with van der Waals surface area (Å²) >= 11 is 1.82. The van der Waals surface area contributed by atoms with Crippen LogP contribution in [0.1, 0.15) is 43.4 Å². The maximum Gasteiger partial charge on any atom is 0.191 e. The minimum atomic E-state index is 0.645. The van der Waals surface area contributed by atoms with Gasteiger partial charge in [0.1, 0.15) is 0 Å². The first-order valence-corrected chi connectivity index (χ1v) is 8.38. The largest absolute Gasteiger partial charge is 0.354 e. The molecule has 4 heteroatoms. The van der Waals surface area contributed by atoms with Crippen molar-refractivity contribution in [3.63, 3.8) is 0 Å². The lowest BCUT2D eigenvalue weighted by Gasteiger charge is -2.17. The highest BCUT2D eigenvalue weighted by molar-refractivity contribution is 7.09. The Morgan fingerprint density at radius 2 is 1.89 bits per heavy atom. The Morgan fingerprint density at radius 3 is 2.53 bits per heavy atom. The molecule has 0 aromatic carbocycles. The molecule has 0 atom stereocenters. The number of hydrogen-bond donors (Lipinski definition) is 2. The minimum Gasteiger partial charge on any atom is -0.354 e. The number of thiophene rings is 1. The summed E-state index contributed by atoms with van der Waals surface area (Å²) in [6.07, 6.45) is 8.99. The van der Waals surface area contributed by atoms with Crippen molar-refractivity contribution < 1.29 is 0 Å². The van der Waals surface area contributed by atoms with Gasteiger partial charge in [-0.3, -0.25) is 4.99 Å². The van der Waals surface area contributed by atoms with E-state index in [1.807, 2.05) is 11.3 Å². The van der Waals surface area contributed by atoms with Gasteiger partial charge in [0, 0.05) is 29.9 Å². The fraction of sp³-hybridized carbons (Fsp3) is 0.667. The molecule has 0 saturated heterocycles. The molecule has 2 saturated carbocycles. The van der Waals surface area contributed by atoms with Crippen LogP contribution in [0.3, 0.4) is 0 Å². The third kappa shape index (κ3) is 4.23. The van der Waals surface area contributed by atoms with Gasteiger partial charge in [-0.1, -0.05) is 18.9 Å².